The van der Waals surface area contributed by atoms with Crippen LogP contribution in [0.15, 0.2) is 58.4 Å². The number of morpholine rings is 1. The first-order valence-electron chi connectivity index (χ1n) is 10.4. The zero-order valence-electron chi connectivity index (χ0n) is 17.3. The van der Waals surface area contributed by atoms with Gasteiger partial charge in [0.15, 0.2) is 5.76 Å². The van der Waals surface area contributed by atoms with Gasteiger partial charge in [-0.2, -0.15) is 0 Å². The topological polar surface area (TPSA) is 130 Å². The van der Waals surface area contributed by atoms with Crippen LogP contribution in [0.4, 0.5) is 5.69 Å². The first kappa shape index (κ1) is 21.7. The van der Waals surface area contributed by atoms with Crippen molar-refractivity contribution in [2.24, 2.45) is 0 Å². The quantitative estimate of drug-likeness (QED) is 0.343. The number of benzene rings is 1. The molecule has 2 aliphatic rings. The number of hydrogen-bond donors (Lipinski definition) is 1. The molecule has 0 bridgehead atoms. The number of nitro groups is 1. The summed E-state index contributed by atoms with van der Waals surface area (Å²) in [6.07, 6.45) is 1.96. The first-order valence-corrected chi connectivity index (χ1v) is 10.4. The molecule has 1 unspecified atom stereocenters. The predicted octanol–water partition coefficient (Wildman–Crippen LogP) is -0.126. The summed E-state index contributed by atoms with van der Waals surface area (Å²) < 4.78 is 10.5. The third-order valence-electron chi connectivity index (χ3n) is 5.82. The maximum atomic E-state index is 13.0. The Morgan fingerprint density at radius 3 is 2.53 bits per heavy atom. The van der Waals surface area contributed by atoms with E-state index in [9.17, 15) is 24.8 Å². The van der Waals surface area contributed by atoms with E-state index in [-0.39, 0.29) is 23.6 Å². The van der Waals surface area contributed by atoms with Crippen molar-refractivity contribution < 1.29 is 33.7 Å². The molecule has 3 heterocycles. The van der Waals surface area contributed by atoms with Gasteiger partial charge in [-0.1, -0.05) is 0 Å². The van der Waals surface area contributed by atoms with E-state index in [4.69, 9.17) is 9.15 Å². The van der Waals surface area contributed by atoms with Crippen LogP contribution in [0.3, 0.4) is 0 Å². The van der Waals surface area contributed by atoms with E-state index in [1.54, 1.807) is 0 Å². The molecule has 1 saturated heterocycles. The van der Waals surface area contributed by atoms with Gasteiger partial charge in [0.25, 0.3) is 5.69 Å². The minimum Gasteiger partial charge on any atom is -0.868 e. The normalized spacial score (nSPS) is 19.6. The van der Waals surface area contributed by atoms with Crippen molar-refractivity contribution in [2.45, 2.75) is 12.5 Å². The van der Waals surface area contributed by atoms with Crippen LogP contribution < -0.4 is 10.0 Å². The Kier molecular flexibility index (Phi) is 6.33. The molecule has 0 radical (unpaired) electrons. The van der Waals surface area contributed by atoms with E-state index in [0.29, 0.717) is 25.2 Å². The molecular weight excluding hydrogens is 418 g/mol. The van der Waals surface area contributed by atoms with Gasteiger partial charge in [0.05, 0.1) is 37.0 Å². The van der Waals surface area contributed by atoms with Crippen molar-refractivity contribution in [1.29, 1.82) is 0 Å². The number of ketones is 1. The molecule has 1 N–H and O–H groups in total. The van der Waals surface area contributed by atoms with Crippen molar-refractivity contribution in [3.8, 4) is 0 Å². The summed E-state index contributed by atoms with van der Waals surface area (Å²) in [7, 11) is 0. The summed E-state index contributed by atoms with van der Waals surface area (Å²) in [5, 5.41) is 23.9. The maximum Gasteiger partial charge on any atom is 0.269 e. The summed E-state index contributed by atoms with van der Waals surface area (Å²) in [5.41, 5.74) is 0.145. The molecule has 1 aromatic carbocycles. The van der Waals surface area contributed by atoms with E-state index < -0.39 is 28.4 Å². The zero-order chi connectivity index (χ0) is 22.7. The number of Topliss-reactive ketones (excluding diaryl/α,β-unsaturated/α-hetero) is 1. The molecule has 1 amide bonds. The van der Waals surface area contributed by atoms with E-state index >= 15 is 0 Å². The van der Waals surface area contributed by atoms with Gasteiger partial charge < -0.3 is 24.1 Å². The molecule has 4 rings (SSSR count). The SMILES string of the molecule is O=C(C1=C([O-])C(=O)N(CCC[NH+]2CCOCC2)C1c1ccc([N+](=O)[O-])cc1)c1ccco1. The van der Waals surface area contributed by atoms with Crippen molar-refractivity contribution in [2.75, 3.05) is 39.4 Å². The van der Waals surface area contributed by atoms with Crippen molar-refractivity contribution in [3.63, 3.8) is 0 Å². The van der Waals surface area contributed by atoms with Crippen LogP contribution >= 0.6 is 0 Å². The Balaban J connectivity index is 1.61. The van der Waals surface area contributed by atoms with Gasteiger partial charge in [-0.15, -0.1) is 0 Å². The summed E-state index contributed by atoms with van der Waals surface area (Å²) in [5.74, 6) is -2.31. The Bertz CT molecular complexity index is 1020. The van der Waals surface area contributed by atoms with E-state index in [0.717, 1.165) is 19.6 Å². The smallest absolute Gasteiger partial charge is 0.269 e. The minimum absolute atomic E-state index is 0.0346. The summed E-state index contributed by atoms with van der Waals surface area (Å²) in [4.78, 5) is 39.1. The molecule has 32 heavy (non-hydrogen) atoms. The number of nitro benzene ring substituents is 1. The number of non-ortho nitro benzene ring substituents is 1. The molecular formula is C22H23N3O7. The zero-order valence-corrected chi connectivity index (χ0v) is 17.3. The Morgan fingerprint density at radius 2 is 1.91 bits per heavy atom. The standard InChI is InChI=1S/C22H23N3O7/c26-20(17-3-1-12-32-17)18-19(15-4-6-16(7-5-15)25(29)30)24(22(28)21(18)27)9-2-8-23-10-13-31-14-11-23/h1,3-7,12,19,27H,2,8-11,13-14H2. The van der Waals surface area contributed by atoms with Crippen LogP contribution in [0.25, 0.3) is 0 Å². The number of rotatable bonds is 8. The summed E-state index contributed by atoms with van der Waals surface area (Å²) >= 11 is 0. The monoisotopic (exact) mass is 441 g/mol. The minimum atomic E-state index is -0.923. The second-order valence-electron chi connectivity index (χ2n) is 7.76. The van der Waals surface area contributed by atoms with Crippen LogP contribution in [0.2, 0.25) is 0 Å². The van der Waals surface area contributed by atoms with Crippen LogP contribution in [0.1, 0.15) is 28.6 Å². The van der Waals surface area contributed by atoms with Gasteiger partial charge in [-0.3, -0.25) is 19.7 Å². The lowest BCUT2D eigenvalue weighted by Gasteiger charge is -2.29. The van der Waals surface area contributed by atoms with Gasteiger partial charge in [-0.05, 0) is 35.6 Å². The van der Waals surface area contributed by atoms with Gasteiger partial charge in [-0.25, -0.2) is 0 Å². The van der Waals surface area contributed by atoms with E-state index in [2.05, 4.69) is 0 Å². The number of quaternary nitrogens is 1. The molecule has 2 aromatic rings. The number of amides is 1. The van der Waals surface area contributed by atoms with Crippen LogP contribution in [-0.2, 0) is 9.53 Å². The molecule has 0 saturated carbocycles. The largest absolute Gasteiger partial charge is 0.868 e. The Labute approximate surface area is 183 Å². The van der Waals surface area contributed by atoms with Crippen LogP contribution in [0.5, 0.6) is 0 Å². The molecule has 1 aromatic heterocycles. The van der Waals surface area contributed by atoms with Gasteiger partial charge in [0.1, 0.15) is 13.1 Å². The molecule has 1 atom stereocenters. The van der Waals surface area contributed by atoms with Crippen molar-refractivity contribution in [1.82, 2.24) is 4.90 Å². The number of carbonyl (C=O) groups is 2. The van der Waals surface area contributed by atoms with E-state index in [1.807, 2.05) is 0 Å². The number of hydrogen-bond acceptors (Lipinski definition) is 7. The Morgan fingerprint density at radius 1 is 1.19 bits per heavy atom. The third kappa shape index (κ3) is 4.27. The second kappa shape index (κ2) is 9.33. The molecule has 0 spiro atoms. The lowest BCUT2D eigenvalue weighted by molar-refractivity contribution is -0.908. The lowest BCUT2D eigenvalue weighted by atomic mass is 9.95. The highest BCUT2D eigenvalue weighted by Gasteiger charge is 2.40. The molecule has 1 fully saturated rings. The highest BCUT2D eigenvalue weighted by atomic mass is 16.6. The number of carbonyl (C=O) groups excluding carboxylic acids is 2. The fourth-order valence-corrected chi connectivity index (χ4v) is 4.18. The fraction of sp³-hybridized carbons (Fsp3) is 0.364. The Hall–Kier alpha value is -3.50. The highest BCUT2D eigenvalue weighted by molar-refractivity contribution is 6.14. The van der Waals surface area contributed by atoms with Gasteiger partial charge in [0.2, 0.25) is 11.7 Å². The van der Waals surface area contributed by atoms with Crippen LogP contribution in [-0.4, -0.2) is 60.9 Å². The summed E-state index contributed by atoms with van der Waals surface area (Å²) in [6, 6.07) is 7.59. The average molecular weight is 441 g/mol. The fourth-order valence-electron chi connectivity index (χ4n) is 4.18. The maximum absolute atomic E-state index is 13.0. The number of furan rings is 1. The molecule has 0 aliphatic carbocycles. The summed E-state index contributed by atoms with van der Waals surface area (Å²) in [6.45, 7) is 4.23. The third-order valence-corrected chi connectivity index (χ3v) is 5.82. The number of nitrogens with one attached hydrogen (secondary N) is 1. The van der Waals surface area contributed by atoms with Crippen molar-refractivity contribution >= 4 is 17.4 Å². The molecule has 10 nitrogen and oxygen atoms in total. The number of ether oxygens (including phenoxy) is 1. The van der Waals surface area contributed by atoms with E-state index in [1.165, 1.54) is 52.5 Å². The molecule has 2 aliphatic heterocycles. The second-order valence-corrected chi connectivity index (χ2v) is 7.76. The highest BCUT2D eigenvalue weighted by Crippen LogP contribution is 2.38. The van der Waals surface area contributed by atoms with Crippen molar-refractivity contribution in [3.05, 3.63) is 75.4 Å². The predicted molar refractivity (Wildman–Crippen MR) is 109 cm³/mol. The number of nitrogens with zero attached hydrogens (tertiary/aromatic N) is 2. The van der Waals surface area contributed by atoms with Gasteiger partial charge in [0, 0.05) is 30.7 Å². The molecule has 168 valence electrons. The molecule has 10 heteroatoms. The van der Waals surface area contributed by atoms with Crippen LogP contribution in [0, 0.1) is 10.1 Å². The van der Waals surface area contributed by atoms with Gasteiger partial charge >= 0.3 is 0 Å². The first-order chi connectivity index (χ1) is 15.5. The average Bonchev–Trinajstić information content (AvgIpc) is 3.43. The lowest BCUT2D eigenvalue weighted by Crippen LogP contribution is -3.14.